The molecule has 0 heterocycles. The van der Waals surface area contributed by atoms with Crippen molar-refractivity contribution < 1.29 is 9.13 Å². The van der Waals surface area contributed by atoms with Crippen molar-refractivity contribution in [2.45, 2.75) is 12.8 Å². The van der Waals surface area contributed by atoms with Gasteiger partial charge < -0.3 is 10.5 Å². The Balaban J connectivity index is 2.05. The molecule has 0 fully saturated rings. The van der Waals surface area contributed by atoms with Crippen LogP contribution < -0.4 is 10.5 Å². The van der Waals surface area contributed by atoms with Crippen LogP contribution >= 0.6 is 15.9 Å². The predicted molar refractivity (Wildman–Crippen MR) is 87.0 cm³/mol. The highest BCUT2D eigenvalue weighted by atomic mass is 79.9. The van der Waals surface area contributed by atoms with E-state index in [4.69, 9.17) is 10.5 Å². The molecule has 1 unspecified atom stereocenters. The Hall–Kier alpha value is -1.39. The Bertz CT molecular complexity index is 586. The lowest BCUT2D eigenvalue weighted by Crippen LogP contribution is -2.20. The van der Waals surface area contributed by atoms with Gasteiger partial charge in [-0.3, -0.25) is 0 Å². The van der Waals surface area contributed by atoms with E-state index in [0.29, 0.717) is 18.5 Å². The summed E-state index contributed by atoms with van der Waals surface area (Å²) >= 11 is 3.27. The summed E-state index contributed by atoms with van der Waals surface area (Å²) in [5.74, 6) is 0.869. The summed E-state index contributed by atoms with van der Waals surface area (Å²) in [6, 6.07) is 13.1. The number of rotatable bonds is 6. The molecule has 2 N–H and O–H groups in total. The van der Waals surface area contributed by atoms with Crippen LogP contribution in [0.3, 0.4) is 0 Å². The second-order valence-corrected chi connectivity index (χ2v) is 6.01. The van der Waals surface area contributed by atoms with Gasteiger partial charge in [-0.25, -0.2) is 4.39 Å². The number of hydrogen-bond donors (Lipinski definition) is 1. The van der Waals surface area contributed by atoms with Gasteiger partial charge in [0.25, 0.3) is 0 Å². The van der Waals surface area contributed by atoms with E-state index in [9.17, 15) is 4.39 Å². The zero-order valence-electron chi connectivity index (χ0n) is 12.0. The molecule has 0 saturated heterocycles. The fourth-order valence-electron chi connectivity index (χ4n) is 2.33. The van der Waals surface area contributed by atoms with Crippen LogP contribution in [0.4, 0.5) is 4.39 Å². The van der Waals surface area contributed by atoms with Crippen LogP contribution in [-0.4, -0.2) is 13.7 Å². The third-order valence-electron chi connectivity index (χ3n) is 3.54. The molecule has 0 aliphatic rings. The average molecular weight is 352 g/mol. The van der Waals surface area contributed by atoms with E-state index < -0.39 is 0 Å². The van der Waals surface area contributed by atoms with E-state index in [1.807, 2.05) is 36.4 Å². The van der Waals surface area contributed by atoms with Crippen molar-refractivity contribution in [3.63, 3.8) is 0 Å². The molecule has 112 valence electrons. The van der Waals surface area contributed by atoms with Gasteiger partial charge in [0.15, 0.2) is 0 Å². The first-order valence-electron chi connectivity index (χ1n) is 6.89. The topological polar surface area (TPSA) is 35.2 Å². The minimum Gasteiger partial charge on any atom is -0.497 e. The standard InChI is InChI=1S/C17H19BrFNO/c1-21-16-6-2-12(3-7-16)8-13(11-20)9-14-4-5-15(18)10-17(14)19/h2-7,10,13H,8-9,11,20H2,1H3. The van der Waals surface area contributed by atoms with Crippen LogP contribution in [0.1, 0.15) is 11.1 Å². The Morgan fingerprint density at radius 1 is 1.14 bits per heavy atom. The molecule has 2 rings (SSSR count). The van der Waals surface area contributed by atoms with Crippen LogP contribution in [0.15, 0.2) is 46.9 Å². The molecule has 2 nitrogen and oxygen atoms in total. The number of methoxy groups -OCH3 is 1. The molecule has 0 aliphatic carbocycles. The Morgan fingerprint density at radius 2 is 1.86 bits per heavy atom. The van der Waals surface area contributed by atoms with Gasteiger partial charge in [-0.1, -0.05) is 34.1 Å². The quantitative estimate of drug-likeness (QED) is 0.854. The zero-order valence-corrected chi connectivity index (χ0v) is 13.6. The number of hydrogen-bond acceptors (Lipinski definition) is 2. The molecule has 1 atom stereocenters. The van der Waals surface area contributed by atoms with E-state index in [2.05, 4.69) is 15.9 Å². The highest BCUT2D eigenvalue weighted by Gasteiger charge is 2.12. The molecule has 21 heavy (non-hydrogen) atoms. The molecule has 0 aromatic heterocycles. The minimum absolute atomic E-state index is 0.183. The van der Waals surface area contributed by atoms with Gasteiger partial charge in [0.1, 0.15) is 11.6 Å². The van der Waals surface area contributed by atoms with Crippen LogP contribution in [0.2, 0.25) is 0 Å². The average Bonchev–Trinajstić information content (AvgIpc) is 2.49. The summed E-state index contributed by atoms with van der Waals surface area (Å²) in [5, 5.41) is 0. The molecule has 4 heteroatoms. The van der Waals surface area contributed by atoms with Crippen LogP contribution in [0.25, 0.3) is 0 Å². The lowest BCUT2D eigenvalue weighted by Gasteiger charge is -2.16. The first kappa shape index (κ1) is 16.0. The zero-order chi connectivity index (χ0) is 15.2. The summed E-state index contributed by atoms with van der Waals surface area (Å²) in [6.07, 6.45) is 1.47. The van der Waals surface area contributed by atoms with Crippen LogP contribution in [0, 0.1) is 11.7 Å². The number of nitrogens with two attached hydrogens (primary N) is 1. The Morgan fingerprint density at radius 3 is 2.43 bits per heavy atom. The molecule has 2 aromatic carbocycles. The first-order chi connectivity index (χ1) is 10.1. The Kier molecular flexibility index (Phi) is 5.76. The number of halogens is 2. The summed E-state index contributed by atoms with van der Waals surface area (Å²) in [5.41, 5.74) is 7.74. The van der Waals surface area contributed by atoms with Gasteiger partial charge in [0.2, 0.25) is 0 Å². The summed E-state index contributed by atoms with van der Waals surface area (Å²) in [6.45, 7) is 0.529. The number of ether oxygens (including phenoxy) is 1. The van der Waals surface area contributed by atoms with E-state index in [-0.39, 0.29) is 11.7 Å². The van der Waals surface area contributed by atoms with Crippen molar-refractivity contribution in [1.82, 2.24) is 0 Å². The summed E-state index contributed by atoms with van der Waals surface area (Å²) < 4.78 is 19.8. The van der Waals surface area contributed by atoms with Crippen molar-refractivity contribution in [2.75, 3.05) is 13.7 Å². The van der Waals surface area contributed by atoms with Gasteiger partial charge in [0, 0.05) is 4.47 Å². The lowest BCUT2D eigenvalue weighted by molar-refractivity contribution is 0.414. The third-order valence-corrected chi connectivity index (χ3v) is 4.03. The van der Waals surface area contributed by atoms with Gasteiger partial charge >= 0.3 is 0 Å². The van der Waals surface area contributed by atoms with E-state index in [1.54, 1.807) is 7.11 Å². The molecule has 2 aromatic rings. The molecular weight excluding hydrogens is 333 g/mol. The van der Waals surface area contributed by atoms with Crippen molar-refractivity contribution in [3.8, 4) is 5.75 Å². The number of benzene rings is 2. The van der Waals surface area contributed by atoms with Crippen molar-refractivity contribution >= 4 is 15.9 Å². The smallest absolute Gasteiger partial charge is 0.127 e. The van der Waals surface area contributed by atoms with Crippen molar-refractivity contribution in [3.05, 3.63) is 63.9 Å². The van der Waals surface area contributed by atoms with E-state index in [1.165, 1.54) is 11.6 Å². The third kappa shape index (κ3) is 4.55. The van der Waals surface area contributed by atoms with Crippen molar-refractivity contribution in [2.24, 2.45) is 11.7 Å². The molecule has 0 amide bonds. The van der Waals surface area contributed by atoms with E-state index in [0.717, 1.165) is 16.6 Å². The molecule has 0 bridgehead atoms. The second kappa shape index (κ2) is 7.57. The van der Waals surface area contributed by atoms with Gasteiger partial charge in [-0.2, -0.15) is 0 Å². The monoisotopic (exact) mass is 351 g/mol. The van der Waals surface area contributed by atoms with Gasteiger partial charge in [0.05, 0.1) is 7.11 Å². The second-order valence-electron chi connectivity index (χ2n) is 5.09. The maximum Gasteiger partial charge on any atom is 0.127 e. The Labute approximate surface area is 133 Å². The molecule has 0 radical (unpaired) electrons. The fourth-order valence-corrected chi connectivity index (χ4v) is 2.67. The maximum atomic E-state index is 13.9. The highest BCUT2D eigenvalue weighted by molar-refractivity contribution is 9.10. The fraction of sp³-hybridized carbons (Fsp3) is 0.294. The van der Waals surface area contributed by atoms with E-state index >= 15 is 0 Å². The summed E-state index contributed by atoms with van der Waals surface area (Å²) in [4.78, 5) is 0. The van der Waals surface area contributed by atoms with Gasteiger partial charge in [-0.15, -0.1) is 0 Å². The maximum absolute atomic E-state index is 13.9. The van der Waals surface area contributed by atoms with Crippen LogP contribution in [-0.2, 0) is 12.8 Å². The summed E-state index contributed by atoms with van der Waals surface area (Å²) in [7, 11) is 1.65. The van der Waals surface area contributed by atoms with Gasteiger partial charge in [-0.05, 0) is 60.7 Å². The molecule has 0 saturated carbocycles. The normalized spacial score (nSPS) is 12.2. The predicted octanol–water partition coefficient (Wildman–Crippen LogP) is 3.96. The minimum atomic E-state index is -0.183. The van der Waals surface area contributed by atoms with Crippen LogP contribution in [0.5, 0.6) is 5.75 Å². The van der Waals surface area contributed by atoms with Crippen molar-refractivity contribution in [1.29, 1.82) is 0 Å². The lowest BCUT2D eigenvalue weighted by atomic mass is 9.92. The largest absolute Gasteiger partial charge is 0.497 e. The molecule has 0 spiro atoms. The SMILES string of the molecule is COc1ccc(CC(CN)Cc2ccc(Br)cc2F)cc1. The highest BCUT2D eigenvalue weighted by Crippen LogP contribution is 2.21. The molecule has 0 aliphatic heterocycles. The first-order valence-corrected chi connectivity index (χ1v) is 7.68. The molecular formula is C17H19BrFNO.